The van der Waals surface area contributed by atoms with Gasteiger partial charge in [-0.15, -0.1) is 0 Å². The first-order chi connectivity index (χ1) is 7.57. The van der Waals surface area contributed by atoms with Crippen molar-refractivity contribution in [2.45, 2.75) is 25.9 Å². The largest absolute Gasteiger partial charge is 0.327 e. The molecule has 2 rings (SSSR count). The lowest BCUT2D eigenvalue weighted by molar-refractivity contribution is 0.502. The molecule has 0 fully saturated rings. The van der Waals surface area contributed by atoms with Gasteiger partial charge in [0.2, 0.25) is 0 Å². The number of nitrogens with zero attached hydrogens (tertiary/aromatic N) is 4. The van der Waals surface area contributed by atoms with Crippen LogP contribution in [0.15, 0.2) is 31.1 Å². The standard InChI is InChI=1S/C11H15N5/c1-11(2,12)10-5-14-8-16(10)6-9-3-4-13-7-15-9/h3-5,7-8H,6,12H2,1-2H3. The third-order valence-electron chi connectivity index (χ3n) is 2.35. The van der Waals surface area contributed by atoms with Crippen LogP contribution in [0.25, 0.3) is 0 Å². The van der Waals surface area contributed by atoms with Gasteiger partial charge in [0, 0.05) is 12.4 Å². The minimum Gasteiger partial charge on any atom is -0.327 e. The van der Waals surface area contributed by atoms with Gasteiger partial charge in [-0.25, -0.2) is 15.0 Å². The van der Waals surface area contributed by atoms with Crippen LogP contribution in [0.1, 0.15) is 25.2 Å². The number of aromatic nitrogens is 4. The Hall–Kier alpha value is -1.75. The van der Waals surface area contributed by atoms with Gasteiger partial charge in [0.1, 0.15) is 6.33 Å². The van der Waals surface area contributed by atoms with Crippen LogP contribution in [0.5, 0.6) is 0 Å². The lowest BCUT2D eigenvalue weighted by Crippen LogP contribution is -2.31. The lowest BCUT2D eigenvalue weighted by atomic mass is 10.0. The van der Waals surface area contributed by atoms with Gasteiger partial charge in [-0.1, -0.05) is 0 Å². The second kappa shape index (κ2) is 4.02. The molecule has 0 unspecified atom stereocenters. The molecule has 2 heterocycles. The highest BCUT2D eigenvalue weighted by atomic mass is 15.1. The van der Waals surface area contributed by atoms with Crippen LogP contribution in [-0.2, 0) is 12.1 Å². The predicted molar refractivity (Wildman–Crippen MR) is 60.6 cm³/mol. The van der Waals surface area contributed by atoms with Gasteiger partial charge in [-0.2, -0.15) is 0 Å². The number of rotatable bonds is 3. The zero-order valence-corrected chi connectivity index (χ0v) is 9.46. The molecule has 0 aliphatic rings. The van der Waals surface area contributed by atoms with Crippen LogP contribution >= 0.6 is 0 Å². The van der Waals surface area contributed by atoms with Crippen molar-refractivity contribution < 1.29 is 0 Å². The summed E-state index contributed by atoms with van der Waals surface area (Å²) in [5.74, 6) is 0. The highest BCUT2D eigenvalue weighted by Gasteiger charge is 2.18. The first kappa shape index (κ1) is 10.8. The van der Waals surface area contributed by atoms with Crippen molar-refractivity contribution in [3.63, 3.8) is 0 Å². The van der Waals surface area contributed by atoms with E-state index in [9.17, 15) is 0 Å². The summed E-state index contributed by atoms with van der Waals surface area (Å²) in [6.45, 7) is 4.58. The number of imidazole rings is 1. The first-order valence-corrected chi connectivity index (χ1v) is 5.12. The summed E-state index contributed by atoms with van der Waals surface area (Å²) in [6.07, 6.45) is 6.83. The average Bonchev–Trinajstić information content (AvgIpc) is 2.67. The van der Waals surface area contributed by atoms with E-state index >= 15 is 0 Å². The van der Waals surface area contributed by atoms with E-state index in [1.807, 2.05) is 24.5 Å². The monoisotopic (exact) mass is 217 g/mol. The molecule has 0 spiro atoms. The van der Waals surface area contributed by atoms with Crippen LogP contribution in [0.3, 0.4) is 0 Å². The second-order valence-corrected chi connectivity index (χ2v) is 4.33. The van der Waals surface area contributed by atoms with Gasteiger partial charge < -0.3 is 10.3 Å². The van der Waals surface area contributed by atoms with E-state index in [2.05, 4.69) is 15.0 Å². The highest BCUT2D eigenvalue weighted by molar-refractivity contribution is 5.12. The van der Waals surface area contributed by atoms with Crippen molar-refractivity contribution in [3.8, 4) is 0 Å². The molecule has 0 aliphatic heterocycles. The molecule has 0 atom stereocenters. The number of nitrogens with two attached hydrogens (primary N) is 1. The molecule has 5 nitrogen and oxygen atoms in total. The van der Waals surface area contributed by atoms with E-state index in [4.69, 9.17) is 5.73 Å². The van der Waals surface area contributed by atoms with Gasteiger partial charge in [0.05, 0.1) is 29.8 Å². The summed E-state index contributed by atoms with van der Waals surface area (Å²) in [5.41, 5.74) is 7.60. The normalized spacial score (nSPS) is 11.7. The van der Waals surface area contributed by atoms with E-state index in [0.717, 1.165) is 11.4 Å². The van der Waals surface area contributed by atoms with Crippen molar-refractivity contribution in [2.75, 3.05) is 0 Å². The van der Waals surface area contributed by atoms with Crippen molar-refractivity contribution in [1.29, 1.82) is 0 Å². The zero-order chi connectivity index (χ0) is 11.6. The Bertz CT molecular complexity index is 455. The van der Waals surface area contributed by atoms with Crippen LogP contribution in [0.4, 0.5) is 0 Å². The fourth-order valence-corrected chi connectivity index (χ4v) is 1.57. The van der Waals surface area contributed by atoms with Crippen LogP contribution < -0.4 is 5.73 Å². The average molecular weight is 217 g/mol. The van der Waals surface area contributed by atoms with Gasteiger partial charge in [0.25, 0.3) is 0 Å². The van der Waals surface area contributed by atoms with Crippen molar-refractivity contribution in [3.05, 3.63) is 42.5 Å². The smallest absolute Gasteiger partial charge is 0.115 e. The molecule has 0 saturated carbocycles. The molecule has 16 heavy (non-hydrogen) atoms. The van der Waals surface area contributed by atoms with Gasteiger partial charge in [0.15, 0.2) is 0 Å². The number of hydrogen-bond donors (Lipinski definition) is 1. The highest BCUT2D eigenvalue weighted by Crippen LogP contribution is 2.16. The summed E-state index contributed by atoms with van der Waals surface area (Å²) in [7, 11) is 0. The maximum Gasteiger partial charge on any atom is 0.115 e. The van der Waals surface area contributed by atoms with Crippen LogP contribution in [0.2, 0.25) is 0 Å². The van der Waals surface area contributed by atoms with Gasteiger partial charge in [-0.05, 0) is 19.9 Å². The Kier molecular flexibility index (Phi) is 2.70. The summed E-state index contributed by atoms with van der Waals surface area (Å²) >= 11 is 0. The molecule has 2 aromatic heterocycles. The molecule has 0 amide bonds. The number of hydrogen-bond acceptors (Lipinski definition) is 4. The van der Waals surface area contributed by atoms with Crippen LogP contribution in [0, 0.1) is 0 Å². The van der Waals surface area contributed by atoms with E-state index in [1.54, 1.807) is 25.0 Å². The minimum atomic E-state index is -0.399. The topological polar surface area (TPSA) is 69.6 Å². The maximum atomic E-state index is 6.06. The zero-order valence-electron chi connectivity index (χ0n) is 9.46. The van der Waals surface area contributed by atoms with Crippen molar-refractivity contribution in [1.82, 2.24) is 19.5 Å². The Morgan fingerprint density at radius 1 is 1.38 bits per heavy atom. The lowest BCUT2D eigenvalue weighted by Gasteiger charge is -2.20. The fraction of sp³-hybridized carbons (Fsp3) is 0.364. The molecule has 84 valence electrons. The Labute approximate surface area is 94.4 Å². The summed E-state index contributed by atoms with van der Waals surface area (Å²) < 4.78 is 2.00. The predicted octanol–water partition coefficient (Wildman–Crippen LogP) is 0.915. The van der Waals surface area contributed by atoms with E-state index < -0.39 is 5.54 Å². The molecule has 0 aliphatic carbocycles. The third kappa shape index (κ3) is 2.25. The molecule has 2 N–H and O–H groups in total. The summed E-state index contributed by atoms with van der Waals surface area (Å²) in [6, 6.07) is 1.88. The van der Waals surface area contributed by atoms with Gasteiger partial charge in [-0.3, -0.25) is 0 Å². The molecule has 5 heteroatoms. The van der Waals surface area contributed by atoms with E-state index in [1.165, 1.54) is 0 Å². The molecule has 0 saturated heterocycles. The molecule has 0 aromatic carbocycles. The van der Waals surface area contributed by atoms with E-state index in [-0.39, 0.29) is 0 Å². The SMILES string of the molecule is CC(C)(N)c1cncn1Cc1ccncn1. The first-order valence-electron chi connectivity index (χ1n) is 5.12. The Morgan fingerprint density at radius 2 is 2.19 bits per heavy atom. The molecular weight excluding hydrogens is 202 g/mol. The Morgan fingerprint density at radius 3 is 2.81 bits per heavy atom. The molecular formula is C11H15N5. The minimum absolute atomic E-state index is 0.399. The van der Waals surface area contributed by atoms with Crippen LogP contribution in [-0.4, -0.2) is 19.5 Å². The van der Waals surface area contributed by atoms with Crippen molar-refractivity contribution in [2.24, 2.45) is 5.73 Å². The molecule has 0 bridgehead atoms. The van der Waals surface area contributed by atoms with E-state index in [0.29, 0.717) is 6.54 Å². The van der Waals surface area contributed by atoms with Gasteiger partial charge >= 0.3 is 0 Å². The third-order valence-corrected chi connectivity index (χ3v) is 2.35. The summed E-state index contributed by atoms with van der Waals surface area (Å²) in [5, 5.41) is 0. The fourth-order valence-electron chi connectivity index (χ4n) is 1.57. The summed E-state index contributed by atoms with van der Waals surface area (Å²) in [4.78, 5) is 12.2. The quantitative estimate of drug-likeness (QED) is 0.829. The molecule has 0 radical (unpaired) electrons. The van der Waals surface area contributed by atoms with Crippen molar-refractivity contribution >= 4 is 0 Å². The molecule has 2 aromatic rings. The maximum absolute atomic E-state index is 6.06. The second-order valence-electron chi connectivity index (χ2n) is 4.33. The Balaban J connectivity index is 2.26.